The van der Waals surface area contributed by atoms with Crippen molar-refractivity contribution in [3.63, 3.8) is 0 Å². The van der Waals surface area contributed by atoms with E-state index in [-0.39, 0.29) is 36.3 Å². The number of carbonyl (C=O) groups is 2. The molecule has 1 aliphatic carbocycles. The number of anilines is 1. The standard InChI is InChI=1S/C26H24F3N5O2.ClH/c1-17-30-13-14-33(17)21-9-7-18(8-10-21)23-24(36)34(25(32-23)11-2-3-12-25)16-22(35)31-20-6-4-5-19(15-20)26(27,28)29;/h4-10,13-15H,2-3,11-12,16H2,1H3,(H,31,35);1H. The molecule has 2 aliphatic rings. The predicted octanol–water partition coefficient (Wildman–Crippen LogP) is 5.16. The molecule has 0 unspecified atom stereocenters. The van der Waals surface area contributed by atoms with Gasteiger partial charge in [-0.05, 0) is 62.9 Å². The number of carbonyl (C=O) groups excluding carboxylic acids is 2. The Kier molecular flexibility index (Phi) is 7.14. The molecule has 37 heavy (non-hydrogen) atoms. The molecule has 3 aromatic rings. The van der Waals surface area contributed by atoms with Crippen LogP contribution in [0.5, 0.6) is 0 Å². The predicted molar refractivity (Wildman–Crippen MR) is 135 cm³/mol. The summed E-state index contributed by atoms with van der Waals surface area (Å²) in [6, 6.07) is 11.8. The van der Waals surface area contributed by atoms with Gasteiger partial charge in [0.15, 0.2) is 0 Å². The van der Waals surface area contributed by atoms with Crippen molar-refractivity contribution >= 4 is 35.6 Å². The molecule has 1 spiro atoms. The van der Waals surface area contributed by atoms with Crippen molar-refractivity contribution in [1.82, 2.24) is 14.5 Å². The number of alkyl halides is 3. The molecule has 1 aliphatic heterocycles. The zero-order valence-corrected chi connectivity index (χ0v) is 20.8. The summed E-state index contributed by atoms with van der Waals surface area (Å²) >= 11 is 0. The third kappa shape index (κ3) is 5.11. The maximum atomic E-state index is 13.5. The first-order valence-corrected chi connectivity index (χ1v) is 11.7. The summed E-state index contributed by atoms with van der Waals surface area (Å²) in [5.74, 6) is -0.0983. The number of aliphatic imine (C=N–C) groups is 1. The van der Waals surface area contributed by atoms with Gasteiger partial charge in [-0.1, -0.05) is 18.2 Å². The molecule has 1 N–H and O–H groups in total. The van der Waals surface area contributed by atoms with Gasteiger partial charge in [0.2, 0.25) is 5.91 Å². The maximum Gasteiger partial charge on any atom is 0.416 e. The molecule has 7 nitrogen and oxygen atoms in total. The Labute approximate surface area is 217 Å². The minimum atomic E-state index is -4.52. The quantitative estimate of drug-likeness (QED) is 0.494. The van der Waals surface area contributed by atoms with Crippen LogP contribution in [0.3, 0.4) is 0 Å². The van der Waals surface area contributed by atoms with Crippen LogP contribution in [0.15, 0.2) is 65.9 Å². The van der Waals surface area contributed by atoms with Crippen LogP contribution < -0.4 is 5.32 Å². The van der Waals surface area contributed by atoms with Crippen LogP contribution in [0.4, 0.5) is 18.9 Å². The first-order valence-electron chi connectivity index (χ1n) is 11.7. The number of halogens is 4. The van der Waals surface area contributed by atoms with Gasteiger partial charge in [0, 0.05) is 29.3 Å². The fourth-order valence-corrected chi connectivity index (χ4v) is 4.91. The summed E-state index contributed by atoms with van der Waals surface area (Å²) < 4.78 is 41.0. The van der Waals surface area contributed by atoms with E-state index >= 15 is 0 Å². The van der Waals surface area contributed by atoms with E-state index in [0.717, 1.165) is 36.5 Å². The molecule has 0 bridgehead atoms. The lowest BCUT2D eigenvalue weighted by Gasteiger charge is -2.32. The monoisotopic (exact) mass is 531 g/mol. The number of hydrogen-bond acceptors (Lipinski definition) is 4. The largest absolute Gasteiger partial charge is 0.416 e. The number of aryl methyl sites for hydroxylation is 1. The van der Waals surface area contributed by atoms with Gasteiger partial charge in [-0.15, -0.1) is 12.4 Å². The van der Waals surface area contributed by atoms with Gasteiger partial charge in [-0.3, -0.25) is 14.6 Å². The Hall–Kier alpha value is -3.66. The average molecular weight is 532 g/mol. The van der Waals surface area contributed by atoms with Crippen molar-refractivity contribution in [2.45, 2.75) is 44.4 Å². The Balaban J connectivity index is 0.00000320. The molecule has 0 saturated heterocycles. The number of imidazole rings is 1. The van der Waals surface area contributed by atoms with Crippen molar-refractivity contribution in [3.8, 4) is 5.69 Å². The summed E-state index contributed by atoms with van der Waals surface area (Å²) in [5.41, 5.74) is 0.189. The number of amides is 2. The maximum absolute atomic E-state index is 13.5. The Morgan fingerprint density at radius 2 is 1.81 bits per heavy atom. The third-order valence-electron chi connectivity index (χ3n) is 6.69. The number of nitrogens with one attached hydrogen (secondary N) is 1. The fourth-order valence-electron chi connectivity index (χ4n) is 4.91. The summed E-state index contributed by atoms with van der Waals surface area (Å²) in [6.45, 7) is 1.60. The molecule has 2 heterocycles. The van der Waals surface area contributed by atoms with E-state index in [1.165, 1.54) is 17.0 Å². The zero-order valence-electron chi connectivity index (χ0n) is 20.0. The first kappa shape index (κ1) is 26.4. The van der Waals surface area contributed by atoms with Gasteiger partial charge >= 0.3 is 6.18 Å². The lowest BCUT2D eigenvalue weighted by molar-refractivity contribution is -0.137. The van der Waals surface area contributed by atoms with Crippen LogP contribution in [0.1, 0.15) is 42.6 Å². The smallest absolute Gasteiger partial charge is 0.325 e. The lowest BCUT2D eigenvalue weighted by atomic mass is 10.1. The SMILES string of the molecule is Cc1nccn1-c1ccc(C2=NC3(CCCC3)N(CC(=O)Nc3cccc(C(F)(F)F)c3)C2=O)cc1.Cl. The summed E-state index contributed by atoms with van der Waals surface area (Å²) in [5, 5.41) is 2.50. The van der Waals surface area contributed by atoms with Gasteiger partial charge in [-0.2, -0.15) is 13.2 Å². The number of nitrogens with zero attached hydrogens (tertiary/aromatic N) is 4. The highest BCUT2D eigenvalue weighted by Gasteiger charge is 2.49. The molecule has 1 saturated carbocycles. The molecule has 2 amide bonds. The normalized spacial score (nSPS) is 16.6. The molecular weight excluding hydrogens is 507 g/mol. The van der Waals surface area contributed by atoms with E-state index < -0.39 is 23.3 Å². The number of hydrogen-bond donors (Lipinski definition) is 1. The molecule has 2 aromatic carbocycles. The molecular formula is C26H25ClF3N5O2. The van der Waals surface area contributed by atoms with E-state index in [2.05, 4.69) is 10.3 Å². The van der Waals surface area contributed by atoms with Gasteiger partial charge < -0.3 is 14.8 Å². The van der Waals surface area contributed by atoms with Crippen molar-refractivity contribution in [2.75, 3.05) is 11.9 Å². The van der Waals surface area contributed by atoms with Gasteiger partial charge in [0.25, 0.3) is 5.91 Å². The van der Waals surface area contributed by atoms with Crippen molar-refractivity contribution in [3.05, 3.63) is 77.9 Å². The number of aromatic nitrogens is 2. The molecule has 5 rings (SSSR count). The highest BCUT2D eigenvalue weighted by Crippen LogP contribution is 2.41. The second-order valence-electron chi connectivity index (χ2n) is 9.06. The van der Waals surface area contributed by atoms with E-state index in [4.69, 9.17) is 4.99 Å². The molecule has 1 fully saturated rings. The van der Waals surface area contributed by atoms with Crippen LogP contribution in [-0.2, 0) is 15.8 Å². The average Bonchev–Trinajstić information content (AvgIpc) is 3.55. The van der Waals surface area contributed by atoms with Crippen molar-refractivity contribution in [2.24, 2.45) is 4.99 Å². The molecule has 1 aromatic heterocycles. The zero-order chi connectivity index (χ0) is 25.5. The van der Waals surface area contributed by atoms with Gasteiger partial charge in [0.1, 0.15) is 23.7 Å². The van der Waals surface area contributed by atoms with Crippen LogP contribution in [0.2, 0.25) is 0 Å². The van der Waals surface area contributed by atoms with E-state index in [0.29, 0.717) is 18.4 Å². The minimum Gasteiger partial charge on any atom is -0.325 e. The Bertz CT molecular complexity index is 1340. The van der Waals surface area contributed by atoms with Gasteiger partial charge in [0.05, 0.1) is 5.56 Å². The fraction of sp³-hybridized carbons (Fsp3) is 0.308. The Morgan fingerprint density at radius 3 is 2.43 bits per heavy atom. The topological polar surface area (TPSA) is 79.6 Å². The van der Waals surface area contributed by atoms with Crippen LogP contribution in [-0.4, -0.2) is 44.2 Å². The van der Waals surface area contributed by atoms with Crippen LogP contribution in [0.25, 0.3) is 5.69 Å². The summed E-state index contributed by atoms with van der Waals surface area (Å²) in [7, 11) is 0. The minimum absolute atomic E-state index is 0. The first-order chi connectivity index (χ1) is 17.2. The highest BCUT2D eigenvalue weighted by atomic mass is 35.5. The lowest BCUT2D eigenvalue weighted by Crippen LogP contribution is -2.48. The van der Waals surface area contributed by atoms with Crippen molar-refractivity contribution in [1.29, 1.82) is 0 Å². The second kappa shape index (κ2) is 10.0. The van der Waals surface area contributed by atoms with E-state index in [1.54, 1.807) is 6.20 Å². The van der Waals surface area contributed by atoms with Crippen LogP contribution in [0, 0.1) is 6.92 Å². The van der Waals surface area contributed by atoms with Crippen molar-refractivity contribution < 1.29 is 22.8 Å². The third-order valence-corrected chi connectivity index (χ3v) is 6.69. The number of benzene rings is 2. The van der Waals surface area contributed by atoms with Gasteiger partial charge in [-0.25, -0.2) is 4.98 Å². The molecule has 0 radical (unpaired) electrons. The molecule has 0 atom stereocenters. The highest BCUT2D eigenvalue weighted by molar-refractivity contribution is 6.47. The van der Waals surface area contributed by atoms with E-state index in [9.17, 15) is 22.8 Å². The Morgan fingerprint density at radius 1 is 1.11 bits per heavy atom. The second-order valence-corrected chi connectivity index (χ2v) is 9.06. The molecule has 194 valence electrons. The summed E-state index contributed by atoms with van der Waals surface area (Å²) in [6.07, 6.45) is 2.04. The van der Waals surface area contributed by atoms with E-state index in [1.807, 2.05) is 42.0 Å². The molecule has 11 heteroatoms. The number of rotatable bonds is 5. The summed E-state index contributed by atoms with van der Waals surface area (Å²) in [4.78, 5) is 36.8. The van der Waals surface area contributed by atoms with Crippen LogP contribution >= 0.6 is 12.4 Å².